The summed E-state index contributed by atoms with van der Waals surface area (Å²) in [5.74, 6) is -0.986. The van der Waals surface area contributed by atoms with E-state index in [0.717, 1.165) is 16.8 Å². The minimum Gasteiger partial charge on any atom is -0.368 e. The van der Waals surface area contributed by atoms with Crippen molar-refractivity contribution in [2.45, 2.75) is 6.92 Å². The third-order valence-electron chi connectivity index (χ3n) is 3.80. The minimum absolute atomic E-state index is 0.220. The van der Waals surface area contributed by atoms with E-state index in [9.17, 15) is 9.59 Å². The summed E-state index contributed by atoms with van der Waals surface area (Å²) in [5, 5.41) is 7.13. The number of amides is 2. The zero-order chi connectivity index (χ0) is 17.8. The second-order valence-corrected chi connectivity index (χ2v) is 5.64. The molecular weight excluding hydrogens is 316 g/mol. The van der Waals surface area contributed by atoms with E-state index in [2.05, 4.69) is 10.4 Å². The highest BCUT2D eigenvalue weighted by atomic mass is 16.2. The zero-order valence-corrected chi connectivity index (χ0v) is 13.8. The van der Waals surface area contributed by atoms with Gasteiger partial charge in [-0.25, -0.2) is 4.68 Å². The molecule has 0 aliphatic heterocycles. The summed E-state index contributed by atoms with van der Waals surface area (Å²) in [5.41, 5.74) is 8.77. The zero-order valence-electron chi connectivity index (χ0n) is 13.8. The first-order valence-electron chi connectivity index (χ1n) is 7.84. The molecule has 0 saturated carbocycles. The topological polar surface area (TPSA) is 90.0 Å². The molecule has 3 aromatic rings. The number of carbonyl (C=O) groups excluding carboxylic acids is 2. The molecule has 3 rings (SSSR count). The molecule has 1 aromatic heterocycles. The quantitative estimate of drug-likeness (QED) is 0.748. The van der Waals surface area contributed by atoms with Crippen LogP contribution >= 0.6 is 0 Å². The second kappa shape index (κ2) is 7.00. The van der Waals surface area contributed by atoms with Gasteiger partial charge in [0, 0.05) is 11.8 Å². The van der Waals surface area contributed by atoms with Gasteiger partial charge in [-0.15, -0.1) is 0 Å². The Kier molecular flexibility index (Phi) is 4.61. The predicted octanol–water partition coefficient (Wildman–Crippen LogP) is 2.06. The first kappa shape index (κ1) is 16.4. The van der Waals surface area contributed by atoms with Gasteiger partial charge in [0.1, 0.15) is 5.69 Å². The smallest absolute Gasteiger partial charge is 0.255 e. The summed E-state index contributed by atoms with van der Waals surface area (Å²) in [6.07, 6.45) is 1.66. The van der Waals surface area contributed by atoms with Crippen LogP contribution in [0.3, 0.4) is 0 Å². The number of aromatic nitrogens is 2. The molecule has 0 atom stereocenters. The highest BCUT2D eigenvalue weighted by Gasteiger charge is 2.19. The lowest BCUT2D eigenvalue weighted by molar-refractivity contribution is -0.117. The van der Waals surface area contributed by atoms with Gasteiger partial charge in [0.2, 0.25) is 5.91 Å². The Balaban J connectivity index is 2.08. The van der Waals surface area contributed by atoms with Gasteiger partial charge in [-0.2, -0.15) is 5.10 Å². The Bertz CT molecular complexity index is 916. The van der Waals surface area contributed by atoms with Crippen LogP contribution in [0.5, 0.6) is 0 Å². The van der Waals surface area contributed by atoms with Gasteiger partial charge < -0.3 is 11.1 Å². The standard InChI is InChI=1S/C19H18N4O2/c1-13-7-5-6-10-15(13)18-16(19(25)21-11-17(20)24)12-23(22-18)14-8-3-2-4-9-14/h2-10,12H,11H2,1H3,(H2,20,24)(H,21,25). The van der Waals surface area contributed by atoms with Gasteiger partial charge in [-0.1, -0.05) is 42.5 Å². The monoisotopic (exact) mass is 334 g/mol. The average Bonchev–Trinajstić information content (AvgIpc) is 3.06. The molecule has 126 valence electrons. The van der Waals surface area contributed by atoms with Crippen LogP contribution in [-0.2, 0) is 4.79 Å². The van der Waals surface area contributed by atoms with Crippen LogP contribution in [0.1, 0.15) is 15.9 Å². The fourth-order valence-corrected chi connectivity index (χ4v) is 2.55. The second-order valence-electron chi connectivity index (χ2n) is 5.64. The Morgan fingerprint density at radius 3 is 2.44 bits per heavy atom. The van der Waals surface area contributed by atoms with Crippen molar-refractivity contribution >= 4 is 11.8 Å². The molecule has 25 heavy (non-hydrogen) atoms. The van der Waals surface area contributed by atoms with Crippen LogP contribution in [0, 0.1) is 6.92 Å². The molecular formula is C19H18N4O2. The lowest BCUT2D eigenvalue weighted by Gasteiger charge is -2.05. The Labute approximate surface area is 145 Å². The third kappa shape index (κ3) is 3.58. The maximum Gasteiger partial charge on any atom is 0.255 e. The van der Waals surface area contributed by atoms with E-state index in [-0.39, 0.29) is 12.5 Å². The molecule has 0 fully saturated rings. The van der Waals surface area contributed by atoms with Crippen LogP contribution in [0.4, 0.5) is 0 Å². The van der Waals surface area contributed by atoms with E-state index in [1.54, 1.807) is 10.9 Å². The number of benzene rings is 2. The van der Waals surface area contributed by atoms with Gasteiger partial charge in [0.25, 0.3) is 5.91 Å². The fourth-order valence-electron chi connectivity index (χ4n) is 2.55. The molecule has 1 heterocycles. The summed E-state index contributed by atoms with van der Waals surface area (Å²) in [6, 6.07) is 17.2. The summed E-state index contributed by atoms with van der Waals surface area (Å²) in [4.78, 5) is 23.5. The van der Waals surface area contributed by atoms with Gasteiger partial charge in [0.15, 0.2) is 0 Å². The largest absolute Gasteiger partial charge is 0.368 e. The molecule has 0 aliphatic rings. The summed E-state index contributed by atoms with van der Waals surface area (Å²) < 4.78 is 1.65. The Morgan fingerprint density at radius 2 is 1.76 bits per heavy atom. The molecule has 0 aliphatic carbocycles. The van der Waals surface area contributed by atoms with Crippen molar-refractivity contribution in [3.63, 3.8) is 0 Å². The number of nitrogens with one attached hydrogen (secondary N) is 1. The summed E-state index contributed by atoms with van der Waals surface area (Å²) in [6.45, 7) is 1.74. The lowest BCUT2D eigenvalue weighted by Crippen LogP contribution is -2.33. The molecule has 6 nitrogen and oxygen atoms in total. The lowest BCUT2D eigenvalue weighted by atomic mass is 10.0. The number of hydrogen-bond donors (Lipinski definition) is 2. The molecule has 0 bridgehead atoms. The SMILES string of the molecule is Cc1ccccc1-c1nn(-c2ccccc2)cc1C(=O)NCC(N)=O. The molecule has 2 aromatic carbocycles. The van der Waals surface area contributed by atoms with E-state index in [1.807, 2.05) is 61.5 Å². The highest BCUT2D eigenvalue weighted by molar-refractivity contribution is 6.01. The van der Waals surface area contributed by atoms with E-state index in [1.165, 1.54) is 0 Å². The molecule has 3 N–H and O–H groups in total. The predicted molar refractivity (Wildman–Crippen MR) is 95.3 cm³/mol. The van der Waals surface area contributed by atoms with Gasteiger partial charge >= 0.3 is 0 Å². The number of para-hydroxylation sites is 1. The van der Waals surface area contributed by atoms with Crippen molar-refractivity contribution < 1.29 is 9.59 Å². The van der Waals surface area contributed by atoms with Gasteiger partial charge in [0.05, 0.1) is 17.8 Å². The summed E-state index contributed by atoms with van der Waals surface area (Å²) in [7, 11) is 0. The first-order valence-corrected chi connectivity index (χ1v) is 7.84. The van der Waals surface area contributed by atoms with E-state index < -0.39 is 5.91 Å². The molecule has 0 saturated heterocycles. The minimum atomic E-state index is -0.596. The van der Waals surface area contributed by atoms with Crippen LogP contribution in [0.2, 0.25) is 0 Å². The van der Waals surface area contributed by atoms with Crippen LogP contribution in [-0.4, -0.2) is 28.1 Å². The molecule has 0 spiro atoms. The number of primary amides is 1. The normalized spacial score (nSPS) is 10.4. The van der Waals surface area contributed by atoms with Crippen LogP contribution < -0.4 is 11.1 Å². The highest BCUT2D eigenvalue weighted by Crippen LogP contribution is 2.26. The van der Waals surface area contributed by atoms with Crippen molar-refractivity contribution in [2.75, 3.05) is 6.54 Å². The Hall–Kier alpha value is -3.41. The van der Waals surface area contributed by atoms with Crippen molar-refractivity contribution in [3.8, 4) is 16.9 Å². The van der Waals surface area contributed by atoms with Crippen molar-refractivity contribution in [2.24, 2.45) is 5.73 Å². The van der Waals surface area contributed by atoms with Crippen LogP contribution in [0.15, 0.2) is 60.8 Å². The first-order chi connectivity index (χ1) is 12.1. The van der Waals surface area contributed by atoms with Crippen molar-refractivity contribution in [3.05, 3.63) is 71.9 Å². The maximum atomic E-state index is 12.5. The summed E-state index contributed by atoms with van der Waals surface area (Å²) >= 11 is 0. The number of nitrogens with two attached hydrogens (primary N) is 1. The molecule has 0 unspecified atom stereocenters. The number of aryl methyl sites for hydroxylation is 1. The molecule has 0 radical (unpaired) electrons. The maximum absolute atomic E-state index is 12.5. The molecule has 6 heteroatoms. The van der Waals surface area contributed by atoms with Crippen LogP contribution in [0.25, 0.3) is 16.9 Å². The van der Waals surface area contributed by atoms with Gasteiger partial charge in [-0.05, 0) is 24.6 Å². The number of nitrogens with zero attached hydrogens (tertiary/aromatic N) is 2. The molecule has 2 amide bonds. The van der Waals surface area contributed by atoms with E-state index in [4.69, 9.17) is 5.73 Å². The van der Waals surface area contributed by atoms with Crippen molar-refractivity contribution in [1.29, 1.82) is 0 Å². The third-order valence-corrected chi connectivity index (χ3v) is 3.80. The Morgan fingerprint density at radius 1 is 1.08 bits per heavy atom. The average molecular weight is 334 g/mol. The van der Waals surface area contributed by atoms with Gasteiger partial charge in [-0.3, -0.25) is 9.59 Å². The van der Waals surface area contributed by atoms with Crippen molar-refractivity contribution in [1.82, 2.24) is 15.1 Å². The fraction of sp³-hybridized carbons (Fsp3) is 0.105. The number of hydrogen-bond acceptors (Lipinski definition) is 3. The van der Waals surface area contributed by atoms with E-state index >= 15 is 0 Å². The number of rotatable bonds is 5. The number of carbonyl (C=O) groups is 2. The van der Waals surface area contributed by atoms with E-state index in [0.29, 0.717) is 11.3 Å².